The number of sulfonamides is 1. The van der Waals surface area contributed by atoms with Crippen LogP contribution in [0.1, 0.15) is 21.5 Å². The van der Waals surface area contributed by atoms with Gasteiger partial charge in [-0.05, 0) is 53.6 Å². The Balaban J connectivity index is 1.88. The van der Waals surface area contributed by atoms with E-state index < -0.39 is 50.7 Å². The molecule has 0 spiro atoms. The maximum Gasteiger partial charge on any atom is 0.416 e. The Bertz CT molecular complexity index is 1280. The van der Waals surface area contributed by atoms with Crippen molar-refractivity contribution < 1.29 is 44.7 Å². The third-order valence-electron chi connectivity index (χ3n) is 4.53. The Labute approximate surface area is 183 Å². The Morgan fingerprint density at radius 1 is 0.727 bits per heavy atom. The number of carboxylic acid groups (broad SMARTS) is 1. The molecule has 0 radical (unpaired) electrons. The average Bonchev–Trinajstić information content (AvgIpc) is 2.72. The standard InChI is InChI=1S/C21H13F6NO4S/c22-20(23,24)14-5-1-12(2-6-14)13-3-8-16(9-4-13)33(31,32)28-18-10-7-15(21(25,26)27)11-17(18)19(29)30/h1-11,28H,(H,29,30). The average molecular weight is 489 g/mol. The van der Waals surface area contributed by atoms with Crippen molar-refractivity contribution in [2.24, 2.45) is 0 Å². The van der Waals surface area contributed by atoms with Gasteiger partial charge in [-0.3, -0.25) is 4.72 Å². The lowest BCUT2D eigenvalue weighted by atomic mass is 10.0. The monoisotopic (exact) mass is 489 g/mol. The SMILES string of the molecule is O=C(O)c1cc(C(F)(F)F)ccc1NS(=O)(=O)c1ccc(-c2ccc(C(F)(F)F)cc2)cc1. The lowest BCUT2D eigenvalue weighted by Gasteiger charge is -2.14. The zero-order chi connectivity index (χ0) is 24.6. The molecular weight excluding hydrogens is 476 g/mol. The van der Waals surface area contributed by atoms with Gasteiger partial charge in [0.25, 0.3) is 10.0 Å². The quantitative estimate of drug-likeness (QED) is 0.438. The number of benzene rings is 3. The molecule has 0 aliphatic heterocycles. The second kappa shape index (κ2) is 8.43. The highest BCUT2D eigenvalue weighted by Crippen LogP contribution is 2.33. The van der Waals surface area contributed by atoms with Gasteiger partial charge < -0.3 is 5.11 Å². The van der Waals surface area contributed by atoms with Crippen molar-refractivity contribution in [1.29, 1.82) is 0 Å². The van der Waals surface area contributed by atoms with Gasteiger partial charge in [0.2, 0.25) is 0 Å². The number of carboxylic acids is 1. The third-order valence-corrected chi connectivity index (χ3v) is 5.91. The molecule has 174 valence electrons. The number of hydrogen-bond donors (Lipinski definition) is 2. The predicted octanol–water partition coefficient (Wildman–Crippen LogP) is 5.89. The van der Waals surface area contributed by atoms with Crippen LogP contribution in [-0.4, -0.2) is 19.5 Å². The first-order valence-electron chi connectivity index (χ1n) is 8.93. The molecule has 5 nitrogen and oxygen atoms in total. The minimum Gasteiger partial charge on any atom is -0.478 e. The van der Waals surface area contributed by atoms with Gasteiger partial charge in [0.15, 0.2) is 0 Å². The molecule has 0 saturated carbocycles. The summed E-state index contributed by atoms with van der Waals surface area (Å²) in [5.41, 5.74) is -2.78. The molecule has 2 N–H and O–H groups in total. The van der Waals surface area contributed by atoms with E-state index in [4.69, 9.17) is 0 Å². The molecule has 0 atom stereocenters. The van der Waals surface area contributed by atoms with E-state index in [0.29, 0.717) is 29.3 Å². The summed E-state index contributed by atoms with van der Waals surface area (Å²) in [4.78, 5) is 11.0. The first kappa shape index (κ1) is 24.1. The van der Waals surface area contributed by atoms with Crippen LogP contribution in [0.15, 0.2) is 71.6 Å². The molecule has 3 aromatic carbocycles. The fraction of sp³-hybridized carbons (Fsp3) is 0.0952. The lowest BCUT2D eigenvalue weighted by Crippen LogP contribution is -2.16. The van der Waals surface area contributed by atoms with E-state index >= 15 is 0 Å². The van der Waals surface area contributed by atoms with Crippen molar-refractivity contribution in [1.82, 2.24) is 0 Å². The van der Waals surface area contributed by atoms with Gasteiger partial charge in [-0.25, -0.2) is 13.2 Å². The maximum absolute atomic E-state index is 12.8. The van der Waals surface area contributed by atoms with E-state index in [1.165, 1.54) is 24.3 Å². The molecule has 3 aromatic rings. The molecule has 3 rings (SSSR count). The van der Waals surface area contributed by atoms with Crippen LogP contribution in [0.2, 0.25) is 0 Å². The number of rotatable bonds is 5. The van der Waals surface area contributed by atoms with E-state index in [1.54, 1.807) is 0 Å². The number of halogens is 6. The van der Waals surface area contributed by atoms with Gasteiger partial charge in [-0.15, -0.1) is 0 Å². The molecule has 0 fully saturated rings. The predicted molar refractivity (Wildman–Crippen MR) is 106 cm³/mol. The number of hydrogen-bond acceptors (Lipinski definition) is 3. The fourth-order valence-corrected chi connectivity index (χ4v) is 3.95. The molecule has 0 aliphatic carbocycles. The van der Waals surface area contributed by atoms with Gasteiger partial charge in [-0.2, -0.15) is 26.3 Å². The molecule has 0 amide bonds. The normalized spacial score (nSPS) is 12.4. The van der Waals surface area contributed by atoms with Gasteiger partial charge in [0.1, 0.15) is 0 Å². The summed E-state index contributed by atoms with van der Waals surface area (Å²) in [6, 6.07) is 10.6. The van der Waals surface area contributed by atoms with Crippen molar-refractivity contribution in [2.45, 2.75) is 17.2 Å². The molecule has 0 aromatic heterocycles. The molecule has 12 heteroatoms. The zero-order valence-corrected chi connectivity index (χ0v) is 17.0. The molecule has 0 saturated heterocycles. The van der Waals surface area contributed by atoms with Gasteiger partial charge in [0.05, 0.1) is 27.3 Å². The Morgan fingerprint density at radius 2 is 1.18 bits per heavy atom. The van der Waals surface area contributed by atoms with Crippen LogP contribution in [0.5, 0.6) is 0 Å². The number of carbonyl (C=O) groups is 1. The van der Waals surface area contributed by atoms with E-state index in [-0.39, 0.29) is 4.90 Å². The molecule has 0 aliphatic rings. The zero-order valence-electron chi connectivity index (χ0n) is 16.2. The topological polar surface area (TPSA) is 83.5 Å². The van der Waals surface area contributed by atoms with E-state index in [1.807, 2.05) is 4.72 Å². The highest BCUT2D eigenvalue weighted by atomic mass is 32.2. The second-order valence-corrected chi connectivity index (χ2v) is 8.45. The molecule has 0 heterocycles. The van der Waals surface area contributed by atoms with Crippen LogP contribution >= 0.6 is 0 Å². The van der Waals surface area contributed by atoms with Crippen LogP contribution in [-0.2, 0) is 22.4 Å². The maximum atomic E-state index is 12.8. The molecular formula is C21H13F6NO4S. The number of anilines is 1. The van der Waals surface area contributed by atoms with Gasteiger partial charge in [0, 0.05) is 0 Å². The van der Waals surface area contributed by atoms with Crippen molar-refractivity contribution in [3.8, 4) is 11.1 Å². The minimum atomic E-state index is -4.82. The third kappa shape index (κ3) is 5.45. The molecule has 0 unspecified atom stereocenters. The summed E-state index contributed by atoms with van der Waals surface area (Å²) in [5.74, 6) is -1.77. The highest BCUT2D eigenvalue weighted by Gasteiger charge is 2.32. The minimum absolute atomic E-state index is 0.313. The van der Waals surface area contributed by atoms with Gasteiger partial charge in [-0.1, -0.05) is 24.3 Å². The van der Waals surface area contributed by atoms with E-state index in [2.05, 4.69) is 0 Å². The van der Waals surface area contributed by atoms with Crippen LogP contribution in [0.3, 0.4) is 0 Å². The molecule has 33 heavy (non-hydrogen) atoms. The van der Waals surface area contributed by atoms with E-state index in [0.717, 1.165) is 24.3 Å². The van der Waals surface area contributed by atoms with Crippen LogP contribution in [0.25, 0.3) is 11.1 Å². The number of alkyl halides is 6. The van der Waals surface area contributed by atoms with Crippen molar-refractivity contribution in [3.05, 3.63) is 83.4 Å². The van der Waals surface area contributed by atoms with Crippen LogP contribution in [0, 0.1) is 0 Å². The lowest BCUT2D eigenvalue weighted by molar-refractivity contribution is -0.138. The summed E-state index contributed by atoms with van der Waals surface area (Å²) < 4.78 is 104. The van der Waals surface area contributed by atoms with Crippen LogP contribution in [0.4, 0.5) is 32.0 Å². The fourth-order valence-electron chi connectivity index (χ4n) is 2.87. The summed E-state index contributed by atoms with van der Waals surface area (Å²) in [6.45, 7) is 0. The largest absolute Gasteiger partial charge is 0.478 e. The van der Waals surface area contributed by atoms with Crippen LogP contribution < -0.4 is 4.72 Å². The second-order valence-electron chi connectivity index (χ2n) is 6.77. The van der Waals surface area contributed by atoms with Crippen molar-refractivity contribution in [2.75, 3.05) is 4.72 Å². The summed E-state index contributed by atoms with van der Waals surface area (Å²) in [7, 11) is -4.39. The Kier molecular flexibility index (Phi) is 6.16. The van der Waals surface area contributed by atoms with Crippen molar-refractivity contribution >= 4 is 21.7 Å². The Morgan fingerprint density at radius 3 is 1.64 bits per heavy atom. The summed E-state index contributed by atoms with van der Waals surface area (Å²) in [6.07, 6.45) is -9.33. The summed E-state index contributed by atoms with van der Waals surface area (Å²) >= 11 is 0. The first-order chi connectivity index (χ1) is 15.2. The smallest absolute Gasteiger partial charge is 0.416 e. The van der Waals surface area contributed by atoms with Gasteiger partial charge >= 0.3 is 18.3 Å². The van der Waals surface area contributed by atoms with E-state index in [9.17, 15) is 44.7 Å². The highest BCUT2D eigenvalue weighted by molar-refractivity contribution is 7.92. The molecule has 0 bridgehead atoms. The summed E-state index contributed by atoms with van der Waals surface area (Å²) in [5, 5.41) is 9.18. The number of nitrogens with one attached hydrogen (secondary N) is 1. The van der Waals surface area contributed by atoms with Crippen molar-refractivity contribution in [3.63, 3.8) is 0 Å². The Hall–Kier alpha value is -3.54. The number of aromatic carboxylic acids is 1. The first-order valence-corrected chi connectivity index (χ1v) is 10.4.